The van der Waals surface area contributed by atoms with Crippen LogP contribution in [-0.4, -0.2) is 44.3 Å². The quantitative estimate of drug-likeness (QED) is 0.234. The molecule has 0 aliphatic rings. The highest BCUT2D eigenvalue weighted by atomic mass is 35.5. The zero-order chi connectivity index (χ0) is 32.1. The molecule has 0 heterocycles. The fraction of sp³-hybridized carbons (Fsp3) is 0.310. The molecule has 0 fully saturated rings. The smallest absolute Gasteiger partial charge is 0.355 e. The second-order valence-corrected chi connectivity index (χ2v) is 12.7. The van der Waals surface area contributed by atoms with Crippen molar-refractivity contribution in [1.82, 2.24) is 10.2 Å². The van der Waals surface area contributed by atoms with Crippen LogP contribution in [0.4, 0.5) is 18.9 Å². The zero-order valence-corrected chi connectivity index (χ0v) is 26.5. The number of hydrogen-bond acceptors (Lipinski definition) is 4. The van der Waals surface area contributed by atoms with E-state index < -0.39 is 56.9 Å². The van der Waals surface area contributed by atoms with Crippen LogP contribution in [0.3, 0.4) is 0 Å². The van der Waals surface area contributed by atoms with Gasteiger partial charge in [0.15, 0.2) is 0 Å². The van der Waals surface area contributed by atoms with E-state index in [9.17, 15) is 31.2 Å². The van der Waals surface area contributed by atoms with Crippen molar-refractivity contribution in [2.45, 2.75) is 50.9 Å². The van der Waals surface area contributed by atoms with E-state index in [0.717, 1.165) is 22.6 Å². The van der Waals surface area contributed by atoms with Crippen molar-refractivity contribution < 1.29 is 31.2 Å². The van der Waals surface area contributed by atoms with Crippen LogP contribution in [0, 0.1) is 6.92 Å². The number of rotatable bonds is 11. The number of benzene rings is 3. The van der Waals surface area contributed by atoms with Gasteiger partial charge in [0.05, 0.1) is 21.2 Å². The minimum Gasteiger partial charge on any atom is -0.355 e. The Kier molecular flexibility index (Phi) is 11.4. The van der Waals surface area contributed by atoms with Gasteiger partial charge in [-0.2, -0.15) is 13.2 Å². The maximum Gasteiger partial charge on any atom is 0.417 e. The van der Waals surface area contributed by atoms with Crippen molar-refractivity contribution in [1.29, 1.82) is 0 Å². The second-order valence-electron chi connectivity index (χ2n) is 9.56. The van der Waals surface area contributed by atoms with Gasteiger partial charge in [0, 0.05) is 23.1 Å². The summed E-state index contributed by atoms with van der Waals surface area (Å²) in [6, 6.07) is 11.7. The minimum atomic E-state index is -4.90. The Bertz CT molecular complexity index is 1590. The standard InChI is InChI=1S/C29H29Cl3F3N3O4S/c1-4-26(28(40)36-5-2)37(16-19-8-9-20(30)14-25(19)32)27(39)17-38(43(41,42)22-11-6-18(3)7-12-22)21-10-13-24(31)23(15-21)29(33,34)35/h6-15,26H,4-5,16-17H2,1-3H3,(H,36,40). The molecule has 3 rings (SSSR count). The number of nitrogens with one attached hydrogen (secondary N) is 1. The largest absolute Gasteiger partial charge is 0.417 e. The summed E-state index contributed by atoms with van der Waals surface area (Å²) in [5.41, 5.74) is -0.560. The Morgan fingerprint density at radius 3 is 2.14 bits per heavy atom. The number of anilines is 1. The number of alkyl halides is 3. The first-order valence-electron chi connectivity index (χ1n) is 13.1. The van der Waals surface area contributed by atoms with Gasteiger partial charge in [0.2, 0.25) is 11.8 Å². The molecule has 0 aliphatic carbocycles. The normalized spacial score (nSPS) is 12.5. The van der Waals surface area contributed by atoms with Gasteiger partial charge in [0.1, 0.15) is 12.6 Å². The van der Waals surface area contributed by atoms with Gasteiger partial charge in [0.25, 0.3) is 10.0 Å². The molecule has 1 unspecified atom stereocenters. The molecule has 0 spiro atoms. The number of nitrogens with zero attached hydrogens (tertiary/aromatic N) is 2. The molecule has 1 N–H and O–H groups in total. The van der Waals surface area contributed by atoms with Crippen molar-refractivity contribution in [2.75, 3.05) is 17.4 Å². The summed E-state index contributed by atoms with van der Waals surface area (Å²) in [7, 11) is -4.59. The Hall–Kier alpha value is -2.99. The molecule has 0 bridgehead atoms. The SMILES string of the molecule is CCNC(=O)C(CC)N(Cc1ccc(Cl)cc1Cl)C(=O)CN(c1ccc(Cl)c(C(F)(F)F)c1)S(=O)(=O)c1ccc(C)cc1. The van der Waals surface area contributed by atoms with E-state index in [4.69, 9.17) is 34.8 Å². The van der Waals surface area contributed by atoms with E-state index >= 15 is 0 Å². The van der Waals surface area contributed by atoms with Gasteiger partial charge >= 0.3 is 6.18 Å². The van der Waals surface area contributed by atoms with Gasteiger partial charge in [-0.3, -0.25) is 13.9 Å². The van der Waals surface area contributed by atoms with Crippen molar-refractivity contribution in [3.05, 3.63) is 92.4 Å². The van der Waals surface area contributed by atoms with E-state index in [-0.39, 0.29) is 29.4 Å². The van der Waals surface area contributed by atoms with E-state index in [1.165, 1.54) is 30.3 Å². The minimum absolute atomic E-state index is 0.145. The monoisotopic (exact) mass is 677 g/mol. The molecule has 0 aromatic heterocycles. The van der Waals surface area contributed by atoms with Crippen LogP contribution in [0.15, 0.2) is 65.6 Å². The summed E-state index contributed by atoms with van der Waals surface area (Å²) in [6.45, 7) is 4.21. The number of hydrogen-bond donors (Lipinski definition) is 1. The average Bonchev–Trinajstić information content (AvgIpc) is 2.92. The molecule has 3 aromatic carbocycles. The lowest BCUT2D eigenvalue weighted by atomic mass is 10.1. The number of halogens is 6. The highest BCUT2D eigenvalue weighted by Crippen LogP contribution is 2.38. The maximum atomic E-state index is 14.0. The predicted molar refractivity (Wildman–Crippen MR) is 162 cm³/mol. The molecule has 3 aromatic rings. The number of aryl methyl sites for hydroxylation is 1. The van der Waals surface area contributed by atoms with Crippen molar-refractivity contribution in [2.24, 2.45) is 0 Å². The molecule has 0 aliphatic heterocycles. The summed E-state index contributed by atoms with van der Waals surface area (Å²) in [6.07, 6.45) is -4.76. The third-order valence-corrected chi connectivity index (χ3v) is 9.23. The fourth-order valence-electron chi connectivity index (χ4n) is 4.30. The maximum absolute atomic E-state index is 14.0. The number of carbonyl (C=O) groups excluding carboxylic acids is 2. The topological polar surface area (TPSA) is 86.8 Å². The Labute approximate surface area is 263 Å². The summed E-state index contributed by atoms with van der Waals surface area (Å²) in [4.78, 5) is 27.9. The molecular formula is C29H29Cl3F3N3O4S. The molecule has 7 nitrogen and oxygen atoms in total. The van der Waals surface area contributed by atoms with Crippen LogP contribution in [0.5, 0.6) is 0 Å². The van der Waals surface area contributed by atoms with Crippen LogP contribution < -0.4 is 9.62 Å². The Morgan fingerprint density at radius 2 is 1.58 bits per heavy atom. The van der Waals surface area contributed by atoms with Crippen LogP contribution in [0.1, 0.15) is 37.0 Å². The summed E-state index contributed by atoms with van der Waals surface area (Å²) < 4.78 is 69.7. The Balaban J connectivity index is 2.17. The molecule has 232 valence electrons. The average molecular weight is 679 g/mol. The Morgan fingerprint density at radius 1 is 0.930 bits per heavy atom. The van der Waals surface area contributed by atoms with Crippen LogP contribution in [0.25, 0.3) is 0 Å². The number of carbonyl (C=O) groups is 2. The first-order chi connectivity index (χ1) is 20.1. The third-order valence-electron chi connectivity index (χ3n) is 6.52. The molecule has 0 saturated carbocycles. The molecular weight excluding hydrogens is 650 g/mol. The fourth-order valence-corrected chi connectivity index (χ4v) is 6.40. The van der Waals surface area contributed by atoms with Gasteiger partial charge in [-0.05, 0) is 68.3 Å². The van der Waals surface area contributed by atoms with Crippen LogP contribution in [0.2, 0.25) is 15.1 Å². The van der Waals surface area contributed by atoms with Gasteiger partial charge < -0.3 is 10.2 Å². The zero-order valence-electron chi connectivity index (χ0n) is 23.4. The number of sulfonamides is 1. The summed E-state index contributed by atoms with van der Waals surface area (Å²) >= 11 is 18.2. The van der Waals surface area contributed by atoms with Crippen LogP contribution >= 0.6 is 34.8 Å². The first-order valence-corrected chi connectivity index (χ1v) is 15.6. The van der Waals surface area contributed by atoms with Gasteiger partial charge in [-0.15, -0.1) is 0 Å². The van der Waals surface area contributed by atoms with Crippen LogP contribution in [-0.2, 0) is 32.3 Å². The first kappa shape index (κ1) is 34.5. The van der Waals surface area contributed by atoms with Crippen molar-refractivity contribution in [3.8, 4) is 0 Å². The number of amides is 2. The lowest BCUT2D eigenvalue weighted by molar-refractivity contribution is -0.140. The van der Waals surface area contributed by atoms with E-state index in [1.807, 2.05) is 0 Å². The molecule has 0 saturated heterocycles. The van der Waals surface area contributed by atoms with Crippen molar-refractivity contribution >= 4 is 62.3 Å². The molecule has 2 amide bonds. The van der Waals surface area contributed by atoms with E-state index in [2.05, 4.69) is 5.32 Å². The molecule has 0 radical (unpaired) electrons. The summed E-state index contributed by atoms with van der Waals surface area (Å²) in [5.74, 6) is -1.36. The predicted octanol–water partition coefficient (Wildman–Crippen LogP) is 7.11. The van der Waals surface area contributed by atoms with Gasteiger partial charge in [-0.1, -0.05) is 65.5 Å². The lowest BCUT2D eigenvalue weighted by Crippen LogP contribution is -2.52. The van der Waals surface area contributed by atoms with Gasteiger partial charge in [-0.25, -0.2) is 8.42 Å². The lowest BCUT2D eigenvalue weighted by Gasteiger charge is -2.33. The highest BCUT2D eigenvalue weighted by Gasteiger charge is 2.37. The van der Waals surface area contributed by atoms with Crippen molar-refractivity contribution in [3.63, 3.8) is 0 Å². The summed E-state index contributed by atoms with van der Waals surface area (Å²) in [5, 5.41) is 2.55. The molecule has 1 atom stereocenters. The van der Waals surface area contributed by atoms with E-state index in [0.29, 0.717) is 21.0 Å². The molecule has 14 heteroatoms. The molecule has 43 heavy (non-hydrogen) atoms. The third kappa shape index (κ3) is 8.35. The number of likely N-dealkylation sites (N-methyl/N-ethyl adjacent to an activating group) is 1. The highest BCUT2D eigenvalue weighted by molar-refractivity contribution is 7.92. The second kappa shape index (κ2) is 14.2. The van der Waals surface area contributed by atoms with E-state index in [1.54, 1.807) is 32.9 Å².